The Labute approximate surface area is 156 Å². The van der Waals surface area contributed by atoms with E-state index < -0.39 is 22.9 Å². The first-order valence-corrected chi connectivity index (χ1v) is 8.27. The molecule has 0 fully saturated rings. The van der Waals surface area contributed by atoms with Crippen molar-refractivity contribution >= 4 is 23.3 Å². The van der Waals surface area contributed by atoms with E-state index in [2.05, 4.69) is 5.32 Å². The van der Waals surface area contributed by atoms with Crippen LogP contribution in [0, 0.1) is 10.1 Å². The van der Waals surface area contributed by atoms with Gasteiger partial charge in [-0.1, -0.05) is 24.3 Å². The lowest BCUT2D eigenvalue weighted by molar-refractivity contribution is -0.384. The molecule has 1 unspecified atom stereocenters. The van der Waals surface area contributed by atoms with E-state index in [1.54, 1.807) is 13.2 Å². The SMILES string of the molecule is COc1ccccc1CCC(=O)OC(C)C(=O)Nc1cccc([N+](=O)[O-])c1. The Morgan fingerprint density at radius 2 is 1.93 bits per heavy atom. The maximum atomic E-state index is 12.1. The average molecular weight is 372 g/mol. The molecule has 0 bridgehead atoms. The number of nitro groups is 1. The maximum Gasteiger partial charge on any atom is 0.306 e. The van der Waals surface area contributed by atoms with E-state index in [-0.39, 0.29) is 17.8 Å². The van der Waals surface area contributed by atoms with Crippen LogP contribution in [0.2, 0.25) is 0 Å². The van der Waals surface area contributed by atoms with Crippen molar-refractivity contribution in [3.8, 4) is 5.75 Å². The maximum absolute atomic E-state index is 12.1. The third-order valence-corrected chi connectivity index (χ3v) is 3.79. The number of rotatable bonds is 8. The first-order valence-electron chi connectivity index (χ1n) is 8.27. The number of amides is 1. The summed E-state index contributed by atoms with van der Waals surface area (Å²) in [5.41, 5.74) is 0.978. The summed E-state index contributed by atoms with van der Waals surface area (Å²) in [4.78, 5) is 34.3. The normalized spacial score (nSPS) is 11.3. The first-order chi connectivity index (χ1) is 12.9. The Morgan fingerprint density at radius 3 is 2.63 bits per heavy atom. The summed E-state index contributed by atoms with van der Waals surface area (Å²) in [6, 6.07) is 12.9. The van der Waals surface area contributed by atoms with Gasteiger partial charge in [-0.25, -0.2) is 0 Å². The lowest BCUT2D eigenvalue weighted by Gasteiger charge is -2.14. The summed E-state index contributed by atoms with van der Waals surface area (Å²) in [5.74, 6) is -0.412. The molecule has 2 rings (SSSR count). The minimum atomic E-state index is -1.03. The number of nitro benzene ring substituents is 1. The highest BCUT2D eigenvalue weighted by atomic mass is 16.6. The number of methoxy groups -OCH3 is 1. The van der Waals surface area contributed by atoms with Gasteiger partial charge in [0.2, 0.25) is 0 Å². The third-order valence-electron chi connectivity index (χ3n) is 3.79. The summed E-state index contributed by atoms with van der Waals surface area (Å²) in [6.07, 6.45) is -0.522. The topological polar surface area (TPSA) is 108 Å². The highest BCUT2D eigenvalue weighted by molar-refractivity contribution is 5.95. The molecular formula is C19H20N2O6. The van der Waals surface area contributed by atoms with Crippen LogP contribution in [0.25, 0.3) is 0 Å². The van der Waals surface area contributed by atoms with E-state index in [9.17, 15) is 19.7 Å². The zero-order valence-corrected chi connectivity index (χ0v) is 15.0. The summed E-state index contributed by atoms with van der Waals surface area (Å²) in [5, 5.41) is 13.3. The zero-order chi connectivity index (χ0) is 19.8. The molecule has 0 saturated carbocycles. The van der Waals surface area contributed by atoms with Gasteiger partial charge >= 0.3 is 5.97 Å². The van der Waals surface area contributed by atoms with Crippen LogP contribution >= 0.6 is 0 Å². The summed E-state index contributed by atoms with van der Waals surface area (Å²) >= 11 is 0. The van der Waals surface area contributed by atoms with Crippen LogP contribution in [0.1, 0.15) is 18.9 Å². The van der Waals surface area contributed by atoms with Crippen molar-refractivity contribution in [3.05, 3.63) is 64.2 Å². The van der Waals surface area contributed by atoms with Crippen LogP contribution < -0.4 is 10.1 Å². The van der Waals surface area contributed by atoms with Gasteiger partial charge < -0.3 is 14.8 Å². The second-order valence-electron chi connectivity index (χ2n) is 5.74. The Balaban J connectivity index is 1.87. The summed E-state index contributed by atoms with van der Waals surface area (Å²) < 4.78 is 10.4. The van der Waals surface area contributed by atoms with Crippen molar-refractivity contribution < 1.29 is 24.0 Å². The fourth-order valence-corrected chi connectivity index (χ4v) is 2.40. The molecule has 0 radical (unpaired) electrons. The molecule has 1 atom stereocenters. The molecule has 27 heavy (non-hydrogen) atoms. The largest absolute Gasteiger partial charge is 0.496 e. The van der Waals surface area contributed by atoms with Gasteiger partial charge in [-0.2, -0.15) is 0 Å². The molecule has 8 nitrogen and oxygen atoms in total. The summed E-state index contributed by atoms with van der Waals surface area (Å²) in [7, 11) is 1.55. The lowest BCUT2D eigenvalue weighted by atomic mass is 10.1. The molecule has 8 heteroatoms. The first kappa shape index (κ1) is 19.9. The summed E-state index contributed by atoms with van der Waals surface area (Å²) in [6.45, 7) is 1.44. The quantitative estimate of drug-likeness (QED) is 0.433. The number of ether oxygens (including phenoxy) is 2. The predicted molar refractivity (Wildman–Crippen MR) is 98.6 cm³/mol. The Morgan fingerprint density at radius 1 is 1.19 bits per heavy atom. The van der Waals surface area contributed by atoms with Crippen molar-refractivity contribution in [2.45, 2.75) is 25.9 Å². The van der Waals surface area contributed by atoms with Gasteiger partial charge in [-0.3, -0.25) is 19.7 Å². The number of para-hydroxylation sites is 1. The smallest absolute Gasteiger partial charge is 0.306 e. The van der Waals surface area contributed by atoms with E-state index >= 15 is 0 Å². The molecule has 2 aromatic rings. The second kappa shape index (κ2) is 9.33. The zero-order valence-electron chi connectivity index (χ0n) is 15.0. The van der Waals surface area contributed by atoms with Gasteiger partial charge in [0.25, 0.3) is 11.6 Å². The van der Waals surface area contributed by atoms with Crippen LogP contribution in [0.4, 0.5) is 11.4 Å². The van der Waals surface area contributed by atoms with Crippen LogP contribution in [0.5, 0.6) is 5.75 Å². The van der Waals surface area contributed by atoms with Crippen LogP contribution in [0.3, 0.4) is 0 Å². The fourth-order valence-electron chi connectivity index (χ4n) is 2.40. The van der Waals surface area contributed by atoms with Crippen molar-refractivity contribution in [1.82, 2.24) is 0 Å². The molecule has 0 aliphatic rings. The average Bonchev–Trinajstić information content (AvgIpc) is 2.66. The molecule has 1 amide bonds. The molecule has 1 N–H and O–H groups in total. The molecule has 0 aromatic heterocycles. The number of nitrogens with zero attached hydrogens (tertiary/aromatic N) is 1. The number of nitrogens with one attached hydrogen (secondary N) is 1. The molecule has 0 saturated heterocycles. The number of hydrogen-bond acceptors (Lipinski definition) is 6. The lowest BCUT2D eigenvalue weighted by Crippen LogP contribution is -2.30. The number of anilines is 1. The number of aryl methyl sites for hydroxylation is 1. The fraction of sp³-hybridized carbons (Fsp3) is 0.263. The highest BCUT2D eigenvalue weighted by Crippen LogP contribution is 2.20. The molecule has 0 heterocycles. The van der Waals surface area contributed by atoms with Gasteiger partial charge in [0.1, 0.15) is 5.75 Å². The monoisotopic (exact) mass is 372 g/mol. The van der Waals surface area contributed by atoms with E-state index in [4.69, 9.17) is 9.47 Å². The van der Waals surface area contributed by atoms with Gasteiger partial charge in [0.15, 0.2) is 6.10 Å². The number of hydrogen-bond donors (Lipinski definition) is 1. The second-order valence-corrected chi connectivity index (χ2v) is 5.74. The van der Waals surface area contributed by atoms with E-state index in [0.717, 1.165) is 5.56 Å². The van der Waals surface area contributed by atoms with E-state index in [1.165, 1.54) is 31.2 Å². The van der Waals surface area contributed by atoms with Gasteiger partial charge in [-0.15, -0.1) is 0 Å². The van der Waals surface area contributed by atoms with Gasteiger partial charge in [0.05, 0.1) is 12.0 Å². The van der Waals surface area contributed by atoms with Gasteiger partial charge in [0, 0.05) is 24.2 Å². The molecular weight excluding hydrogens is 352 g/mol. The Bertz CT molecular complexity index is 836. The van der Waals surface area contributed by atoms with Crippen LogP contribution in [-0.4, -0.2) is 30.0 Å². The van der Waals surface area contributed by atoms with E-state index in [0.29, 0.717) is 12.2 Å². The van der Waals surface area contributed by atoms with Crippen LogP contribution in [0.15, 0.2) is 48.5 Å². The van der Waals surface area contributed by atoms with Crippen molar-refractivity contribution in [2.24, 2.45) is 0 Å². The molecule has 2 aromatic carbocycles. The molecule has 0 spiro atoms. The minimum Gasteiger partial charge on any atom is -0.496 e. The Hall–Kier alpha value is -3.42. The van der Waals surface area contributed by atoms with Crippen molar-refractivity contribution in [3.63, 3.8) is 0 Å². The van der Waals surface area contributed by atoms with Crippen LogP contribution in [-0.2, 0) is 20.7 Å². The molecule has 0 aliphatic carbocycles. The number of esters is 1. The number of benzene rings is 2. The number of non-ortho nitro benzene ring substituents is 1. The highest BCUT2D eigenvalue weighted by Gasteiger charge is 2.19. The number of carbonyl (C=O) groups excluding carboxylic acids is 2. The molecule has 0 aliphatic heterocycles. The van der Waals surface area contributed by atoms with E-state index in [1.807, 2.05) is 18.2 Å². The molecule has 142 valence electrons. The van der Waals surface area contributed by atoms with Crippen molar-refractivity contribution in [1.29, 1.82) is 0 Å². The minimum absolute atomic E-state index is 0.0921. The Kier molecular flexibility index (Phi) is 6.87. The van der Waals surface area contributed by atoms with Gasteiger partial charge in [-0.05, 0) is 31.0 Å². The standard InChI is InChI=1S/C19H20N2O6/c1-13(19(23)20-15-7-5-8-16(12-15)21(24)25)27-18(22)11-10-14-6-3-4-9-17(14)26-2/h3-9,12-13H,10-11H2,1-2H3,(H,20,23). The van der Waals surface area contributed by atoms with Crippen molar-refractivity contribution in [2.75, 3.05) is 12.4 Å². The predicted octanol–water partition coefficient (Wildman–Crippen LogP) is 3.11. The third kappa shape index (κ3) is 5.81. The number of carbonyl (C=O) groups is 2.